The molecule has 0 saturated carbocycles. The molecule has 2 saturated heterocycles. The highest BCUT2D eigenvalue weighted by Crippen LogP contribution is 2.36. The van der Waals surface area contributed by atoms with Gasteiger partial charge in [-0.2, -0.15) is 26.3 Å². The van der Waals surface area contributed by atoms with Gasteiger partial charge in [0.1, 0.15) is 13.0 Å². The summed E-state index contributed by atoms with van der Waals surface area (Å²) in [6.07, 6.45) is -9.57. The fourth-order valence-corrected chi connectivity index (χ4v) is 12.9. The summed E-state index contributed by atoms with van der Waals surface area (Å²) in [7, 11) is -5.34. The number of rotatable bonds is 24. The average molecular weight is 1510 g/mol. The lowest BCUT2D eigenvalue weighted by atomic mass is 10.00. The summed E-state index contributed by atoms with van der Waals surface area (Å²) in [5.74, 6) is -9.91. The Morgan fingerprint density at radius 1 is 0.533 bits per heavy atom. The highest BCUT2D eigenvalue weighted by molar-refractivity contribution is 7.98. The summed E-state index contributed by atoms with van der Waals surface area (Å²) in [6, 6.07) is 0.292. The number of para-hydroxylation sites is 1. The van der Waals surface area contributed by atoms with E-state index in [4.69, 9.17) is 43.7 Å². The maximum absolute atomic E-state index is 15.6. The van der Waals surface area contributed by atoms with Gasteiger partial charge in [0.05, 0.1) is 79.7 Å². The second kappa shape index (κ2) is 34.9. The number of methoxy groups -OCH3 is 2. The normalized spacial score (nSPS) is 18.9. The number of carbonyl (C=O) groups excluding carboxylic acids is 2. The second-order valence-corrected chi connectivity index (χ2v) is 25.3. The van der Waals surface area contributed by atoms with Gasteiger partial charge in [0, 0.05) is 129 Å². The minimum atomic E-state index is -5.41. The van der Waals surface area contributed by atoms with Crippen LogP contribution in [-0.4, -0.2) is 119 Å². The highest BCUT2D eigenvalue weighted by Gasteiger charge is 2.34. The number of alkyl halides is 6. The van der Waals surface area contributed by atoms with Crippen LogP contribution in [0, 0.1) is 30.2 Å². The largest absolute Gasteiger partial charge is 0.416 e. The van der Waals surface area contributed by atoms with Gasteiger partial charge in [-0.25, -0.2) is 17.6 Å². The maximum atomic E-state index is 15.6. The topological polar surface area (TPSA) is 110 Å². The van der Waals surface area contributed by atoms with E-state index in [9.17, 15) is 59.4 Å². The van der Waals surface area contributed by atoms with Crippen molar-refractivity contribution in [3.05, 3.63) is 270 Å². The van der Waals surface area contributed by atoms with Crippen molar-refractivity contribution in [3.63, 3.8) is 0 Å². The monoisotopic (exact) mass is 1510 g/mol. The van der Waals surface area contributed by atoms with E-state index in [0.717, 1.165) is 47.9 Å². The van der Waals surface area contributed by atoms with E-state index in [1.807, 2.05) is 4.90 Å². The molecule has 2 amide bonds. The van der Waals surface area contributed by atoms with E-state index >= 15 is 9.18 Å². The Labute approximate surface area is 650 Å². The van der Waals surface area contributed by atoms with Gasteiger partial charge in [-0.15, -0.1) is 23.5 Å². The standard InChI is InChI=1S/C41H40F5N3O3S.C40H38F5N3O3S/c1-27-6-15-36-34(22-27)37(50)23-39(53-26-31-4-3-5-35(42)40(31)43)49(36)25-38(51)48(33-16-18-47(19-17-33)20-21-52-2)24-28-7-9-29(10-8-28)30-11-13-32(14-12-30)41(44,45)46;1-51-22-21-46-19-17-32(18-20-46)47(24-27-9-11-28(12-10-27)29-13-15-31(16-14-29)40(43,44)45)37(50)25-48-35-8-3-2-6-33(35)36(49)23-38(48)52-26-30-5-4-7-34(41)39(30)42/h3-15,22-23,33H,16-21,24-26H2,1-2H3;2-16,23,32H,17-22,24-26H2,1H3/i2D3,3D,4D,5D,6D,7D,8D,9D,10D,11D,12D,13D,14D,15D,22D,23D,25D2,26D2;1D3,25D2,26D2. The molecule has 0 spiro atoms. The maximum Gasteiger partial charge on any atom is 0.416 e. The van der Waals surface area contributed by atoms with Gasteiger partial charge in [-0.05, 0) is 127 Å². The molecule has 0 aliphatic carbocycles. The summed E-state index contributed by atoms with van der Waals surface area (Å²) in [6.45, 7) is -6.41. The summed E-state index contributed by atoms with van der Waals surface area (Å²) in [4.78, 5) is 63.4. The zero-order chi connectivity index (χ0) is 99.8. The van der Waals surface area contributed by atoms with Crippen LogP contribution in [0.15, 0.2) is 207 Å². The van der Waals surface area contributed by atoms with E-state index in [2.05, 4.69) is 0 Å². The predicted octanol–water partition coefficient (Wildman–Crippen LogP) is 17.1. The predicted molar refractivity (Wildman–Crippen MR) is 391 cm³/mol. The first-order valence-electron chi connectivity index (χ1n) is 46.5. The van der Waals surface area contributed by atoms with Crippen LogP contribution in [-0.2, 0) is 68.9 Å². The Balaban J connectivity index is 0.000000265. The number of likely N-dealkylation sites (tertiary alicyclic amines) is 2. The number of pyridine rings is 2. The van der Waals surface area contributed by atoms with Crippen molar-refractivity contribution in [1.82, 2.24) is 28.7 Å². The van der Waals surface area contributed by atoms with Crippen LogP contribution in [0.5, 0.6) is 0 Å². The minimum Gasteiger partial charge on any atom is -0.383 e. The molecule has 0 bridgehead atoms. The van der Waals surface area contributed by atoms with Gasteiger partial charge in [-0.1, -0.05) is 121 Å². The van der Waals surface area contributed by atoms with Crippen LogP contribution >= 0.6 is 23.5 Å². The average Bonchev–Trinajstić information content (AvgIpc) is 0.706. The van der Waals surface area contributed by atoms with Crippen molar-refractivity contribution in [1.29, 1.82) is 0 Å². The van der Waals surface area contributed by atoms with Crippen LogP contribution in [0.1, 0.15) is 104 Å². The van der Waals surface area contributed by atoms with Gasteiger partial charge < -0.3 is 38.2 Å². The molecule has 12 rings (SSSR count). The van der Waals surface area contributed by atoms with E-state index in [1.54, 1.807) is 29.2 Å². The summed E-state index contributed by atoms with van der Waals surface area (Å²) >= 11 is -0.247. The third kappa shape index (κ3) is 19.5. The summed E-state index contributed by atoms with van der Waals surface area (Å²) < 4.78 is 397. The Morgan fingerprint density at radius 2 is 1.07 bits per heavy atom. The molecule has 550 valence electrons. The van der Waals surface area contributed by atoms with Gasteiger partial charge in [0.25, 0.3) is 0 Å². The number of fused-ring (bicyclic) bond motifs is 2. The molecule has 10 aromatic rings. The van der Waals surface area contributed by atoms with Crippen molar-refractivity contribution < 1.29 is 103 Å². The lowest BCUT2D eigenvalue weighted by molar-refractivity contribution is -0.138. The molecule has 24 heteroatoms. The number of nitrogens with zero attached hydrogens (tertiary/aromatic N) is 6. The van der Waals surface area contributed by atoms with Crippen LogP contribution < -0.4 is 10.9 Å². The van der Waals surface area contributed by atoms with E-state index in [0.29, 0.717) is 54.1 Å². The second-order valence-electron chi connectivity index (χ2n) is 23.7. The van der Waals surface area contributed by atoms with E-state index in [1.165, 1.54) is 41.3 Å². The first-order chi connectivity index (χ1) is 62.0. The molecule has 2 aliphatic rings. The van der Waals surface area contributed by atoms with Gasteiger partial charge in [0.2, 0.25) is 11.8 Å². The fraction of sp³-hybridized carbons (Fsp3) is 0.309. The van der Waals surface area contributed by atoms with Gasteiger partial charge in [0.15, 0.2) is 34.1 Å². The molecular formula is C81H78F10N6O6S2. The Kier molecular flexibility index (Phi) is 15.8. The fourth-order valence-electron chi connectivity index (χ4n) is 11.4. The SMILES string of the molecule is [2H]C([2H])([2H])OCCN1CCC(N(Cc2ccc(-c3ccc(C(F)(F)F)cc3)cc2)C(=O)C([2H])([2H])n2c(SC([2H])([2H])c3cccc(F)c3F)cc(=O)c3ccccc32)CC1.[2H]c1c([2H])c(F)c(F)c(C([2H])([2H])Sc2c([2H])c(=O)c3c([2H])c(C)c([2H])c([2H])c3n2C([2H])([2H])C(=O)N(Cc2c([2H])c([2H])c(-c3c([2H])c([2H])c(C(F)(F)F)c([2H])c3[2H])c([2H])c2[2H])C2CCN(CCOC([2H])([2H])[2H])CC2)c1[2H]. The highest BCUT2D eigenvalue weighted by atomic mass is 32.2. The first-order valence-corrected chi connectivity index (χ1v) is 33.6. The molecule has 2 aromatic heterocycles. The number of carbonyl (C=O) groups is 2. The molecule has 4 heterocycles. The molecular weight excluding hydrogens is 1410 g/mol. The summed E-state index contributed by atoms with van der Waals surface area (Å²) in [5, 5.41) is -2.62. The third-order valence-corrected chi connectivity index (χ3v) is 18.5. The number of ether oxygens (including phenoxy) is 2. The molecule has 0 unspecified atom stereocenters. The van der Waals surface area contributed by atoms with Crippen molar-refractivity contribution in [2.45, 2.75) is 105 Å². The number of hydrogen-bond acceptors (Lipinski definition) is 10. The van der Waals surface area contributed by atoms with Gasteiger partial charge >= 0.3 is 12.4 Å². The van der Waals surface area contributed by atoms with Crippen molar-refractivity contribution in [2.24, 2.45) is 0 Å². The van der Waals surface area contributed by atoms with Gasteiger partial charge in [-0.3, -0.25) is 19.2 Å². The molecule has 0 N–H and O–H groups in total. The Morgan fingerprint density at radius 3 is 1.66 bits per heavy atom. The van der Waals surface area contributed by atoms with Crippen LogP contribution in [0.25, 0.3) is 44.1 Å². The Bertz CT molecular complexity index is 6280. The molecule has 8 aromatic carbocycles. The van der Waals surface area contributed by atoms with Crippen molar-refractivity contribution in [3.8, 4) is 22.3 Å². The van der Waals surface area contributed by atoms with E-state index in [-0.39, 0.29) is 90.1 Å². The zero-order valence-corrected chi connectivity index (χ0v) is 56.7. The molecule has 2 aliphatic heterocycles. The van der Waals surface area contributed by atoms with Crippen LogP contribution in [0.3, 0.4) is 0 Å². The Hall–Kier alpha value is -9.04. The third-order valence-electron chi connectivity index (χ3n) is 16.9. The lowest BCUT2D eigenvalue weighted by Gasteiger charge is -2.39. The smallest absolute Gasteiger partial charge is 0.383 e. The number of hydrogen-bond donors (Lipinski definition) is 0. The number of halogens is 10. The first kappa shape index (κ1) is 47.5. The molecule has 12 nitrogen and oxygen atoms in total. The molecule has 0 atom stereocenters. The molecule has 0 radical (unpaired) electrons. The minimum absolute atomic E-state index is 0.00505. The lowest BCUT2D eigenvalue weighted by Crippen LogP contribution is -2.48. The number of amides is 2. The quantitative estimate of drug-likeness (QED) is 0.0428. The van der Waals surface area contributed by atoms with Crippen LogP contribution in [0.2, 0.25) is 0 Å². The molecule has 2 fully saturated rings. The number of benzene rings is 8. The van der Waals surface area contributed by atoms with E-state index < -0.39 is 273 Å². The number of aromatic nitrogens is 2. The zero-order valence-electron chi connectivity index (χ0n) is 84.0. The van der Waals surface area contributed by atoms with Crippen molar-refractivity contribution in [2.75, 3.05) is 66.6 Å². The van der Waals surface area contributed by atoms with Crippen molar-refractivity contribution >= 4 is 57.1 Å². The summed E-state index contributed by atoms with van der Waals surface area (Å²) in [5.41, 5.74) is -16.3. The number of thioether (sulfide) groups is 2. The van der Waals surface area contributed by atoms with Crippen LogP contribution in [0.4, 0.5) is 43.9 Å². The number of piperidine rings is 2. The molecule has 105 heavy (non-hydrogen) atoms.